The lowest BCUT2D eigenvalue weighted by atomic mass is 10.1. The molecule has 0 saturated heterocycles. The van der Waals surface area contributed by atoms with Crippen molar-refractivity contribution in [3.8, 4) is 0 Å². The van der Waals surface area contributed by atoms with Gasteiger partial charge in [0.1, 0.15) is 10.4 Å². The zero-order chi connectivity index (χ0) is 10.7. The minimum absolute atomic E-state index is 0.779. The lowest BCUT2D eigenvalue weighted by molar-refractivity contribution is 0.929. The van der Waals surface area contributed by atoms with E-state index in [0.29, 0.717) is 0 Å². The Morgan fingerprint density at radius 1 is 1.13 bits per heavy atom. The molecule has 0 aliphatic carbocycles. The Morgan fingerprint density at radius 2 is 1.87 bits per heavy atom. The average molecular weight is 263 g/mol. The monoisotopic (exact) mass is 262 g/mol. The van der Waals surface area contributed by atoms with Crippen molar-refractivity contribution in [2.45, 2.75) is 13.3 Å². The summed E-state index contributed by atoms with van der Waals surface area (Å²) in [5.74, 6) is 0.855. The van der Waals surface area contributed by atoms with Gasteiger partial charge in [0, 0.05) is 12.1 Å². The second-order valence-electron chi connectivity index (χ2n) is 3.41. The van der Waals surface area contributed by atoms with Crippen molar-refractivity contribution >= 4 is 15.9 Å². The van der Waals surface area contributed by atoms with E-state index in [9.17, 15) is 0 Å². The first-order chi connectivity index (χ1) is 7.24. The van der Waals surface area contributed by atoms with Crippen LogP contribution in [0.3, 0.4) is 0 Å². The van der Waals surface area contributed by atoms with Gasteiger partial charge in [0.2, 0.25) is 0 Å². The SMILES string of the molecule is Cc1cc(Br)nc(Cc2ccccc2)n1. The van der Waals surface area contributed by atoms with Gasteiger partial charge in [-0.15, -0.1) is 0 Å². The van der Waals surface area contributed by atoms with E-state index >= 15 is 0 Å². The van der Waals surface area contributed by atoms with Gasteiger partial charge in [0.05, 0.1) is 0 Å². The highest BCUT2D eigenvalue weighted by Crippen LogP contribution is 2.10. The van der Waals surface area contributed by atoms with Gasteiger partial charge in [-0.2, -0.15) is 0 Å². The molecule has 1 aromatic carbocycles. The molecule has 0 spiro atoms. The van der Waals surface area contributed by atoms with E-state index < -0.39 is 0 Å². The number of rotatable bonds is 2. The van der Waals surface area contributed by atoms with Crippen LogP contribution >= 0.6 is 15.9 Å². The zero-order valence-electron chi connectivity index (χ0n) is 8.44. The van der Waals surface area contributed by atoms with Gasteiger partial charge in [0.15, 0.2) is 0 Å². The molecule has 0 aliphatic rings. The molecule has 0 atom stereocenters. The van der Waals surface area contributed by atoms with Crippen molar-refractivity contribution in [3.05, 3.63) is 58.1 Å². The minimum Gasteiger partial charge on any atom is -0.238 e. The van der Waals surface area contributed by atoms with Gasteiger partial charge < -0.3 is 0 Å². The van der Waals surface area contributed by atoms with E-state index in [1.807, 2.05) is 31.2 Å². The molecule has 1 heterocycles. The summed E-state index contributed by atoms with van der Waals surface area (Å²) in [6.45, 7) is 1.97. The Balaban J connectivity index is 2.25. The third kappa shape index (κ3) is 2.86. The average Bonchev–Trinajstić information content (AvgIpc) is 2.17. The number of aromatic nitrogens is 2. The molecule has 76 valence electrons. The van der Waals surface area contributed by atoms with Crippen molar-refractivity contribution in [1.29, 1.82) is 0 Å². The molecule has 1 aromatic heterocycles. The second-order valence-corrected chi connectivity index (χ2v) is 4.22. The van der Waals surface area contributed by atoms with Crippen LogP contribution in [0.5, 0.6) is 0 Å². The highest BCUT2D eigenvalue weighted by molar-refractivity contribution is 9.10. The molecule has 15 heavy (non-hydrogen) atoms. The minimum atomic E-state index is 0.779. The van der Waals surface area contributed by atoms with Crippen molar-refractivity contribution in [2.75, 3.05) is 0 Å². The number of benzene rings is 1. The summed E-state index contributed by atoms with van der Waals surface area (Å²) in [5, 5.41) is 0. The molecule has 0 radical (unpaired) electrons. The topological polar surface area (TPSA) is 25.8 Å². The molecular weight excluding hydrogens is 252 g/mol. The summed E-state index contributed by atoms with van der Waals surface area (Å²) in [6, 6.07) is 12.1. The van der Waals surface area contributed by atoms with Gasteiger partial charge in [-0.25, -0.2) is 9.97 Å². The van der Waals surface area contributed by atoms with Crippen LogP contribution < -0.4 is 0 Å². The van der Waals surface area contributed by atoms with E-state index in [4.69, 9.17) is 0 Å². The maximum atomic E-state index is 4.39. The summed E-state index contributed by atoms with van der Waals surface area (Å²) in [7, 11) is 0. The molecular formula is C12H11BrN2. The number of aryl methyl sites for hydroxylation is 1. The van der Waals surface area contributed by atoms with Gasteiger partial charge in [-0.05, 0) is 34.5 Å². The fraction of sp³-hybridized carbons (Fsp3) is 0.167. The second kappa shape index (κ2) is 4.53. The van der Waals surface area contributed by atoms with E-state index in [2.05, 4.69) is 38.0 Å². The fourth-order valence-corrected chi connectivity index (χ4v) is 1.98. The Kier molecular flexibility index (Phi) is 3.11. The van der Waals surface area contributed by atoms with Gasteiger partial charge >= 0.3 is 0 Å². The fourth-order valence-electron chi connectivity index (χ4n) is 1.45. The van der Waals surface area contributed by atoms with Crippen LogP contribution in [0.25, 0.3) is 0 Å². The van der Waals surface area contributed by atoms with E-state index in [1.54, 1.807) is 0 Å². The standard InChI is InChI=1S/C12H11BrN2/c1-9-7-11(13)15-12(14-9)8-10-5-3-2-4-6-10/h2-7H,8H2,1H3. The summed E-state index contributed by atoms with van der Waals surface area (Å²) in [4.78, 5) is 8.72. The van der Waals surface area contributed by atoms with E-state index in [-0.39, 0.29) is 0 Å². The van der Waals surface area contributed by atoms with Crippen molar-refractivity contribution < 1.29 is 0 Å². The summed E-state index contributed by atoms with van der Waals surface area (Å²) in [6.07, 6.45) is 0.779. The lowest BCUT2D eigenvalue weighted by Gasteiger charge is -2.02. The lowest BCUT2D eigenvalue weighted by Crippen LogP contribution is -1.98. The maximum absolute atomic E-state index is 4.39. The van der Waals surface area contributed by atoms with Crippen LogP contribution in [0.4, 0.5) is 0 Å². The number of halogens is 1. The summed E-state index contributed by atoms with van der Waals surface area (Å²) < 4.78 is 0.848. The van der Waals surface area contributed by atoms with E-state index in [1.165, 1.54) is 5.56 Å². The first-order valence-corrected chi connectivity index (χ1v) is 5.57. The van der Waals surface area contributed by atoms with Crippen molar-refractivity contribution in [1.82, 2.24) is 9.97 Å². The summed E-state index contributed by atoms with van der Waals surface area (Å²) in [5.41, 5.74) is 2.22. The molecule has 0 N–H and O–H groups in total. The quantitative estimate of drug-likeness (QED) is 0.778. The highest BCUT2D eigenvalue weighted by atomic mass is 79.9. The first-order valence-electron chi connectivity index (χ1n) is 4.78. The van der Waals surface area contributed by atoms with Gasteiger partial charge in [-0.1, -0.05) is 30.3 Å². The Hall–Kier alpha value is -1.22. The largest absolute Gasteiger partial charge is 0.238 e. The molecule has 2 nitrogen and oxygen atoms in total. The molecule has 0 bridgehead atoms. The molecule has 0 amide bonds. The zero-order valence-corrected chi connectivity index (χ0v) is 10.0. The van der Waals surface area contributed by atoms with Crippen LogP contribution in [0, 0.1) is 6.92 Å². The van der Waals surface area contributed by atoms with Crippen LogP contribution in [0.2, 0.25) is 0 Å². The van der Waals surface area contributed by atoms with Crippen molar-refractivity contribution in [3.63, 3.8) is 0 Å². The predicted molar refractivity (Wildman–Crippen MR) is 63.7 cm³/mol. The molecule has 2 aromatic rings. The van der Waals surface area contributed by atoms with Crippen molar-refractivity contribution in [2.24, 2.45) is 0 Å². The molecule has 0 saturated carbocycles. The van der Waals surface area contributed by atoms with E-state index in [0.717, 1.165) is 22.5 Å². The van der Waals surface area contributed by atoms with Gasteiger partial charge in [-0.3, -0.25) is 0 Å². The number of hydrogen-bond donors (Lipinski definition) is 0. The molecule has 0 unspecified atom stereocenters. The van der Waals surface area contributed by atoms with Crippen LogP contribution in [-0.4, -0.2) is 9.97 Å². The Labute approximate surface area is 97.5 Å². The Morgan fingerprint density at radius 3 is 2.53 bits per heavy atom. The normalized spacial score (nSPS) is 10.3. The number of nitrogens with zero attached hydrogens (tertiary/aromatic N) is 2. The smallest absolute Gasteiger partial charge is 0.134 e. The van der Waals surface area contributed by atoms with Crippen LogP contribution in [-0.2, 0) is 6.42 Å². The Bertz CT molecular complexity index is 434. The van der Waals surface area contributed by atoms with Crippen LogP contribution in [0.1, 0.15) is 17.1 Å². The third-order valence-corrected chi connectivity index (χ3v) is 2.48. The molecule has 2 rings (SSSR count). The molecule has 3 heteroatoms. The predicted octanol–water partition coefficient (Wildman–Crippen LogP) is 3.14. The maximum Gasteiger partial charge on any atom is 0.134 e. The highest BCUT2D eigenvalue weighted by Gasteiger charge is 2.01. The first kappa shape index (κ1) is 10.3. The third-order valence-electron chi connectivity index (χ3n) is 2.07. The molecule has 0 aliphatic heterocycles. The van der Waals surface area contributed by atoms with Gasteiger partial charge in [0.25, 0.3) is 0 Å². The number of hydrogen-bond acceptors (Lipinski definition) is 2. The molecule has 0 fully saturated rings. The summed E-state index contributed by atoms with van der Waals surface area (Å²) >= 11 is 3.38. The van der Waals surface area contributed by atoms with Crippen LogP contribution in [0.15, 0.2) is 41.0 Å².